The highest BCUT2D eigenvalue weighted by molar-refractivity contribution is 5.80. The van der Waals surface area contributed by atoms with Crippen LogP contribution in [0.3, 0.4) is 0 Å². The van der Waals surface area contributed by atoms with Crippen LogP contribution in [0.25, 0.3) is 0 Å². The van der Waals surface area contributed by atoms with Gasteiger partial charge in [0, 0.05) is 12.6 Å². The first kappa shape index (κ1) is 35.1. The number of aliphatic hydroxyl groups excluding tert-OH is 7. The Morgan fingerprint density at radius 3 is 2.02 bits per heavy atom. The van der Waals surface area contributed by atoms with Crippen molar-refractivity contribution in [2.75, 3.05) is 19.7 Å². The lowest BCUT2D eigenvalue weighted by atomic mass is 9.83. The molecule has 17 nitrogen and oxygen atoms in total. The van der Waals surface area contributed by atoms with E-state index in [0.29, 0.717) is 0 Å². The molecule has 2 aliphatic heterocycles. The van der Waals surface area contributed by atoms with Gasteiger partial charge < -0.3 is 82.9 Å². The van der Waals surface area contributed by atoms with Crippen molar-refractivity contribution in [3.05, 3.63) is 0 Å². The Balaban J connectivity index is 0.00000274. The zero-order chi connectivity index (χ0) is 30.3. The summed E-state index contributed by atoms with van der Waals surface area (Å²) in [5.41, 5.74) is 23.2. The lowest BCUT2D eigenvalue weighted by Crippen LogP contribution is -2.69. The number of hydrogen-bond acceptors (Lipinski definition) is 16. The van der Waals surface area contributed by atoms with Gasteiger partial charge in [0.25, 0.3) is 0 Å². The van der Waals surface area contributed by atoms with Crippen molar-refractivity contribution in [3.63, 3.8) is 0 Å². The minimum Gasteiger partial charge on any atom is -0.394 e. The Bertz CT molecular complexity index is 772. The highest BCUT2D eigenvalue weighted by Gasteiger charge is 2.52. The van der Waals surface area contributed by atoms with Crippen LogP contribution < -0.4 is 28.3 Å². The van der Waals surface area contributed by atoms with E-state index in [1.807, 2.05) is 13.8 Å². The van der Waals surface area contributed by atoms with Gasteiger partial charge in [-0.2, -0.15) is 0 Å². The Hall–Kier alpha value is -1.13. The molecule has 2 saturated heterocycles. The number of nitrogens with two attached hydrogens (primary N) is 4. The second-order valence-electron chi connectivity index (χ2n) is 9.84. The first-order chi connectivity index (χ1) is 18.9. The zero-order valence-electron chi connectivity index (χ0n) is 22.7. The van der Waals surface area contributed by atoms with E-state index < -0.39 is 104 Å². The summed E-state index contributed by atoms with van der Waals surface area (Å²) in [5, 5.41) is 74.1. The highest BCUT2D eigenvalue weighted by Crippen LogP contribution is 2.32. The van der Waals surface area contributed by atoms with Crippen LogP contribution in [0, 0.1) is 0 Å². The van der Waals surface area contributed by atoms with E-state index in [0.717, 1.165) is 0 Å². The van der Waals surface area contributed by atoms with Crippen molar-refractivity contribution in [2.45, 2.75) is 118 Å². The average Bonchev–Trinajstić information content (AvgIpc) is 3.22. The summed E-state index contributed by atoms with van der Waals surface area (Å²) in [6.45, 7) is 3.24. The SMILES string of the molecule is CC.NCCC(O)C(=O)NC1CC(N)C(OC2OC(CO)C(O)C(O)C2N)C(OC2OC(CN)C(O)C2O)C1O. The lowest BCUT2D eigenvalue weighted by Gasteiger charge is -2.47. The van der Waals surface area contributed by atoms with E-state index in [9.17, 15) is 40.5 Å². The number of hydrogen-bond donors (Lipinski definition) is 12. The van der Waals surface area contributed by atoms with E-state index in [1.54, 1.807) is 0 Å². The third-order valence-electron chi connectivity index (χ3n) is 7.15. The van der Waals surface area contributed by atoms with Crippen molar-refractivity contribution in [2.24, 2.45) is 22.9 Å². The average molecular weight is 586 g/mol. The maximum absolute atomic E-state index is 12.4. The largest absolute Gasteiger partial charge is 0.394 e. The second-order valence-corrected chi connectivity index (χ2v) is 9.84. The zero-order valence-corrected chi connectivity index (χ0v) is 22.7. The predicted molar refractivity (Wildman–Crippen MR) is 137 cm³/mol. The van der Waals surface area contributed by atoms with Gasteiger partial charge in [-0.25, -0.2) is 0 Å². The number of rotatable bonds is 10. The van der Waals surface area contributed by atoms with Crippen LogP contribution in [-0.4, -0.2) is 153 Å². The minimum atomic E-state index is -1.56. The quantitative estimate of drug-likeness (QED) is 0.113. The Morgan fingerprint density at radius 2 is 1.48 bits per heavy atom. The first-order valence-electron chi connectivity index (χ1n) is 13.5. The summed E-state index contributed by atoms with van der Waals surface area (Å²) >= 11 is 0. The molecule has 16 N–H and O–H groups in total. The summed E-state index contributed by atoms with van der Waals surface area (Å²) in [6, 6.07) is -3.33. The van der Waals surface area contributed by atoms with E-state index in [4.69, 9.17) is 41.9 Å². The van der Waals surface area contributed by atoms with Gasteiger partial charge >= 0.3 is 0 Å². The second kappa shape index (κ2) is 15.9. The van der Waals surface area contributed by atoms with Crippen molar-refractivity contribution < 1.29 is 59.5 Å². The molecule has 0 aromatic heterocycles. The highest BCUT2D eigenvalue weighted by atomic mass is 16.7. The van der Waals surface area contributed by atoms with E-state index in [2.05, 4.69) is 5.32 Å². The molecule has 1 aliphatic carbocycles. The van der Waals surface area contributed by atoms with Gasteiger partial charge in [-0.1, -0.05) is 13.8 Å². The molecule has 236 valence electrons. The van der Waals surface area contributed by atoms with Gasteiger partial charge in [0.05, 0.1) is 18.7 Å². The molecule has 0 radical (unpaired) electrons. The smallest absolute Gasteiger partial charge is 0.249 e. The molecule has 3 rings (SSSR count). The number of nitrogens with one attached hydrogen (secondary N) is 1. The molecule has 0 bridgehead atoms. The molecular formula is C23H47N5O12. The predicted octanol–water partition coefficient (Wildman–Crippen LogP) is -6.76. The van der Waals surface area contributed by atoms with Crippen LogP contribution in [0.15, 0.2) is 0 Å². The molecule has 1 amide bonds. The van der Waals surface area contributed by atoms with Gasteiger partial charge in [0.1, 0.15) is 61.0 Å². The molecule has 0 aromatic rings. The third-order valence-corrected chi connectivity index (χ3v) is 7.15. The van der Waals surface area contributed by atoms with Crippen LogP contribution >= 0.6 is 0 Å². The lowest BCUT2D eigenvalue weighted by molar-refractivity contribution is -0.310. The van der Waals surface area contributed by atoms with E-state index >= 15 is 0 Å². The molecule has 0 spiro atoms. The van der Waals surface area contributed by atoms with E-state index in [1.165, 1.54) is 0 Å². The summed E-state index contributed by atoms with van der Waals surface area (Å²) in [5.74, 6) is -0.805. The molecule has 15 unspecified atom stereocenters. The molecular weight excluding hydrogens is 538 g/mol. The topological polar surface area (TPSA) is 312 Å². The van der Waals surface area contributed by atoms with Crippen LogP contribution in [0.4, 0.5) is 0 Å². The minimum absolute atomic E-state index is 0.0239. The van der Waals surface area contributed by atoms with Crippen LogP contribution in [0.2, 0.25) is 0 Å². The van der Waals surface area contributed by atoms with Gasteiger partial charge in [-0.3, -0.25) is 4.79 Å². The summed E-state index contributed by atoms with van der Waals surface area (Å²) < 4.78 is 22.7. The number of carbonyl (C=O) groups excluding carboxylic acids is 1. The Kier molecular flexibility index (Phi) is 14.0. The fourth-order valence-electron chi connectivity index (χ4n) is 4.84. The molecule has 15 atom stereocenters. The molecule has 40 heavy (non-hydrogen) atoms. The van der Waals surface area contributed by atoms with Crippen molar-refractivity contribution in [1.29, 1.82) is 0 Å². The number of ether oxygens (including phenoxy) is 4. The number of amides is 1. The van der Waals surface area contributed by atoms with Crippen molar-refractivity contribution in [1.82, 2.24) is 5.32 Å². The van der Waals surface area contributed by atoms with Crippen molar-refractivity contribution in [3.8, 4) is 0 Å². The maximum Gasteiger partial charge on any atom is 0.249 e. The Morgan fingerprint density at radius 1 is 0.900 bits per heavy atom. The summed E-state index contributed by atoms with van der Waals surface area (Å²) in [4.78, 5) is 12.4. The molecule has 17 heteroatoms. The summed E-state index contributed by atoms with van der Waals surface area (Å²) in [7, 11) is 0. The normalized spacial score (nSPS) is 44.4. The van der Waals surface area contributed by atoms with Gasteiger partial charge in [0.15, 0.2) is 12.6 Å². The number of carbonyl (C=O) groups is 1. The molecule has 1 saturated carbocycles. The monoisotopic (exact) mass is 585 g/mol. The fourth-order valence-corrected chi connectivity index (χ4v) is 4.84. The molecule has 3 fully saturated rings. The van der Waals surface area contributed by atoms with Crippen LogP contribution in [0.1, 0.15) is 26.7 Å². The van der Waals surface area contributed by atoms with Crippen molar-refractivity contribution >= 4 is 5.91 Å². The van der Waals surface area contributed by atoms with Gasteiger partial charge in [-0.15, -0.1) is 0 Å². The summed E-state index contributed by atoms with van der Waals surface area (Å²) in [6.07, 6.45) is -16.9. The van der Waals surface area contributed by atoms with Gasteiger partial charge in [0.2, 0.25) is 5.91 Å². The van der Waals surface area contributed by atoms with Crippen LogP contribution in [-0.2, 0) is 23.7 Å². The molecule has 2 heterocycles. The van der Waals surface area contributed by atoms with Crippen LogP contribution in [0.5, 0.6) is 0 Å². The Labute approximate surface area is 232 Å². The van der Waals surface area contributed by atoms with E-state index in [-0.39, 0.29) is 25.9 Å². The first-order valence-corrected chi connectivity index (χ1v) is 13.5. The molecule has 0 aromatic carbocycles. The number of aliphatic hydroxyl groups is 7. The maximum atomic E-state index is 12.4. The van der Waals surface area contributed by atoms with Gasteiger partial charge in [-0.05, 0) is 19.4 Å². The standard InChI is InChI=1S/C21H41N5O12.C2H6/c22-2-1-8(28)19(34)26-7-3-6(24)17(37-20-11(25)15(32)14(31)10(5-27)36-20)18(12(7)29)38-21-16(33)13(30)9(4-23)35-21;1-2/h6-18,20-21,27-33H,1-5,22-25H2,(H,26,34);1-2H3. The fraction of sp³-hybridized carbons (Fsp3) is 0.957. The molecule has 3 aliphatic rings. The third kappa shape index (κ3) is 7.82.